The van der Waals surface area contributed by atoms with Crippen LogP contribution in [0.1, 0.15) is 20.8 Å². The van der Waals surface area contributed by atoms with Crippen LogP contribution in [0, 0.1) is 0 Å². The van der Waals surface area contributed by atoms with Gasteiger partial charge in [-0.15, -0.1) is 0 Å². The van der Waals surface area contributed by atoms with Crippen LogP contribution in [0.15, 0.2) is 0 Å². The summed E-state index contributed by atoms with van der Waals surface area (Å²) in [6, 6.07) is 0. The summed E-state index contributed by atoms with van der Waals surface area (Å²) in [5.41, 5.74) is -0.500. The van der Waals surface area contributed by atoms with Gasteiger partial charge in [0.25, 0.3) is 0 Å². The van der Waals surface area contributed by atoms with Crippen molar-refractivity contribution in [2.45, 2.75) is 26.4 Å². The molecule has 0 saturated heterocycles. The first-order valence-electron chi connectivity index (χ1n) is 1.72. The zero-order chi connectivity index (χ0) is 4.50. The predicted octanol–water partition coefficient (Wildman–Crippen LogP) is 0.772. The second-order valence-electron chi connectivity index (χ2n) is 2.17. The summed E-state index contributed by atoms with van der Waals surface area (Å²) in [7, 11) is 0. The van der Waals surface area contributed by atoms with E-state index in [9.17, 15) is 0 Å². The van der Waals surface area contributed by atoms with Crippen LogP contribution in [0.3, 0.4) is 0 Å². The maximum absolute atomic E-state index is 8.52. The smallest absolute Gasteiger partial charge is 0.0563 e. The van der Waals surface area contributed by atoms with E-state index in [0.29, 0.717) is 0 Å². The van der Waals surface area contributed by atoms with Gasteiger partial charge in [-0.2, -0.15) is 0 Å². The Balaban J connectivity index is -0.0000000800. The second kappa shape index (κ2) is 5.35. The van der Waals surface area contributed by atoms with E-state index in [1.165, 1.54) is 0 Å². The van der Waals surface area contributed by atoms with Crippen molar-refractivity contribution in [3.05, 3.63) is 0 Å². The Morgan fingerprint density at radius 2 is 1.00 bits per heavy atom. The molecule has 0 radical (unpaired) electrons. The average Bonchev–Trinajstić information content (AvgIpc) is 0.722. The van der Waals surface area contributed by atoms with E-state index in [0.717, 1.165) is 0 Å². The molecular formula is C4H10OZn2. The Bertz CT molecular complexity index is 25.2. The molecule has 3 heteroatoms. The molecule has 0 aromatic heterocycles. The molecule has 0 aliphatic carbocycles. The van der Waals surface area contributed by atoms with Crippen LogP contribution in [0.25, 0.3) is 0 Å². The third kappa shape index (κ3) is 134. The predicted molar refractivity (Wildman–Crippen MR) is 22.0 cm³/mol. The molecule has 36 valence electrons. The Labute approximate surface area is 70.4 Å². The Morgan fingerprint density at radius 3 is 1.00 bits per heavy atom. The van der Waals surface area contributed by atoms with Gasteiger partial charge in [0, 0.05) is 39.0 Å². The summed E-state index contributed by atoms with van der Waals surface area (Å²) >= 11 is 0. The fraction of sp³-hybridized carbons (Fsp3) is 1.00. The normalized spacial score (nSPS) is 8.57. The maximum atomic E-state index is 8.52. The molecule has 7 heavy (non-hydrogen) atoms. The first-order chi connectivity index (χ1) is 2.00. The van der Waals surface area contributed by atoms with E-state index < -0.39 is 5.60 Å². The molecule has 0 rings (SSSR count). The van der Waals surface area contributed by atoms with Gasteiger partial charge in [-0.1, -0.05) is 0 Å². The SMILES string of the molecule is CC(C)(C)O.[Zn].[Zn]. The van der Waals surface area contributed by atoms with Crippen molar-refractivity contribution in [2.75, 3.05) is 0 Å². The van der Waals surface area contributed by atoms with Gasteiger partial charge in [0.1, 0.15) is 0 Å². The molecule has 0 bridgehead atoms. The van der Waals surface area contributed by atoms with Crippen LogP contribution < -0.4 is 0 Å². The molecule has 0 saturated carbocycles. The zero-order valence-electron chi connectivity index (χ0n) is 5.36. The molecule has 0 atom stereocenters. The van der Waals surface area contributed by atoms with Crippen LogP contribution in [-0.2, 0) is 39.0 Å². The van der Waals surface area contributed by atoms with Gasteiger partial charge in [0.2, 0.25) is 0 Å². The average molecular weight is 205 g/mol. The topological polar surface area (TPSA) is 20.2 Å². The van der Waals surface area contributed by atoms with E-state index in [-0.39, 0.29) is 39.0 Å². The van der Waals surface area contributed by atoms with Crippen LogP contribution in [0.5, 0.6) is 0 Å². The molecular weight excluding hydrogens is 195 g/mol. The first-order valence-corrected chi connectivity index (χ1v) is 1.72. The summed E-state index contributed by atoms with van der Waals surface area (Å²) in [5.74, 6) is 0. The number of hydrogen-bond donors (Lipinski definition) is 1. The van der Waals surface area contributed by atoms with Crippen molar-refractivity contribution in [3.63, 3.8) is 0 Å². The fourth-order valence-corrected chi connectivity index (χ4v) is 0. The van der Waals surface area contributed by atoms with E-state index >= 15 is 0 Å². The molecule has 1 nitrogen and oxygen atoms in total. The van der Waals surface area contributed by atoms with Crippen LogP contribution in [-0.4, -0.2) is 10.7 Å². The summed E-state index contributed by atoms with van der Waals surface area (Å²) in [6.45, 7) is 5.23. The summed E-state index contributed by atoms with van der Waals surface area (Å²) in [6.07, 6.45) is 0. The molecule has 0 aliphatic rings. The van der Waals surface area contributed by atoms with Crippen molar-refractivity contribution in [2.24, 2.45) is 0 Å². The van der Waals surface area contributed by atoms with Gasteiger partial charge in [-0.25, -0.2) is 0 Å². The minimum atomic E-state index is -0.500. The first kappa shape index (κ1) is 15.7. The monoisotopic (exact) mass is 202 g/mol. The molecule has 0 fully saturated rings. The Hall–Kier alpha value is 1.21. The van der Waals surface area contributed by atoms with Crippen molar-refractivity contribution < 1.29 is 44.1 Å². The third-order valence-electron chi connectivity index (χ3n) is 0. The van der Waals surface area contributed by atoms with Crippen LogP contribution >= 0.6 is 0 Å². The molecule has 1 N–H and O–H groups in total. The second-order valence-corrected chi connectivity index (χ2v) is 2.17. The van der Waals surface area contributed by atoms with Crippen molar-refractivity contribution in [3.8, 4) is 0 Å². The van der Waals surface area contributed by atoms with Gasteiger partial charge in [-0.3, -0.25) is 0 Å². The largest absolute Gasteiger partial charge is 0.391 e. The van der Waals surface area contributed by atoms with Gasteiger partial charge in [-0.05, 0) is 20.8 Å². The minimum absolute atomic E-state index is 0. The maximum Gasteiger partial charge on any atom is 0.0563 e. The zero-order valence-corrected chi connectivity index (χ0v) is 11.3. The number of rotatable bonds is 0. The number of aliphatic hydroxyl groups is 1. The van der Waals surface area contributed by atoms with Gasteiger partial charge < -0.3 is 5.11 Å². The molecule has 0 spiro atoms. The molecule has 0 amide bonds. The Morgan fingerprint density at radius 1 is 1.00 bits per heavy atom. The molecule has 0 unspecified atom stereocenters. The molecule has 0 aromatic carbocycles. The van der Waals surface area contributed by atoms with E-state index in [1.807, 2.05) is 0 Å². The summed E-state index contributed by atoms with van der Waals surface area (Å²) in [4.78, 5) is 0. The molecule has 0 aromatic rings. The molecule has 0 heterocycles. The van der Waals surface area contributed by atoms with Gasteiger partial charge >= 0.3 is 0 Å². The quantitative estimate of drug-likeness (QED) is 0.579. The summed E-state index contributed by atoms with van der Waals surface area (Å²) in [5, 5.41) is 8.52. The van der Waals surface area contributed by atoms with E-state index in [4.69, 9.17) is 5.11 Å². The van der Waals surface area contributed by atoms with Crippen molar-refractivity contribution in [1.82, 2.24) is 0 Å². The summed E-state index contributed by atoms with van der Waals surface area (Å²) < 4.78 is 0. The number of hydrogen-bond acceptors (Lipinski definition) is 1. The fourth-order valence-electron chi connectivity index (χ4n) is 0. The van der Waals surface area contributed by atoms with Crippen molar-refractivity contribution in [1.29, 1.82) is 0 Å². The van der Waals surface area contributed by atoms with Gasteiger partial charge in [0.15, 0.2) is 0 Å². The van der Waals surface area contributed by atoms with Gasteiger partial charge in [0.05, 0.1) is 5.60 Å². The van der Waals surface area contributed by atoms with Crippen LogP contribution in [0.4, 0.5) is 0 Å². The standard InChI is InChI=1S/C4H10O.2Zn/c1-4(2,3)5;;/h5H,1-3H3;;. The Kier molecular flexibility index (Phi) is 12.0. The van der Waals surface area contributed by atoms with Crippen molar-refractivity contribution >= 4 is 0 Å². The van der Waals surface area contributed by atoms with E-state index in [2.05, 4.69) is 0 Å². The third-order valence-corrected chi connectivity index (χ3v) is 0. The molecule has 0 aliphatic heterocycles. The van der Waals surface area contributed by atoms with E-state index in [1.54, 1.807) is 20.8 Å². The minimum Gasteiger partial charge on any atom is -0.391 e. The van der Waals surface area contributed by atoms with Crippen LogP contribution in [0.2, 0.25) is 0 Å².